The SMILES string of the molecule is CCOC(=O)[C@@H]1Cc2c(Br)ccc(OC)c2C[C@@H](C(=O)OCC)C1=O. The van der Waals surface area contributed by atoms with Gasteiger partial charge in [-0.05, 0) is 49.9 Å². The standard InChI is InChI=1S/C18H21BrO6/c1-4-24-17(21)12-8-10-11(15(23-3)7-6-14(10)19)9-13(16(12)20)18(22)25-5-2/h6-7,12-13H,4-5,8-9H2,1-3H3/t12-,13-/m1/s1. The van der Waals surface area contributed by atoms with Crippen LogP contribution < -0.4 is 4.74 Å². The predicted molar refractivity (Wildman–Crippen MR) is 93.4 cm³/mol. The summed E-state index contributed by atoms with van der Waals surface area (Å²) in [4.78, 5) is 37.6. The van der Waals surface area contributed by atoms with Crippen LogP contribution in [0.3, 0.4) is 0 Å². The maximum absolute atomic E-state index is 12.9. The molecule has 0 unspecified atom stereocenters. The van der Waals surface area contributed by atoms with Crippen molar-refractivity contribution in [1.82, 2.24) is 0 Å². The van der Waals surface area contributed by atoms with Crippen LogP contribution >= 0.6 is 15.9 Å². The first kappa shape index (κ1) is 19.4. The second kappa shape index (κ2) is 8.47. The lowest BCUT2D eigenvalue weighted by molar-refractivity contribution is -0.157. The number of Topliss-reactive ketones (excluding diaryl/α,β-unsaturated/α-hetero) is 1. The van der Waals surface area contributed by atoms with Gasteiger partial charge in [0, 0.05) is 4.47 Å². The first-order valence-electron chi connectivity index (χ1n) is 8.15. The minimum absolute atomic E-state index is 0.130. The Morgan fingerprint density at radius 1 is 1.04 bits per heavy atom. The molecule has 0 amide bonds. The number of carbonyl (C=O) groups is 3. The zero-order chi connectivity index (χ0) is 18.6. The average molecular weight is 413 g/mol. The molecule has 0 N–H and O–H groups in total. The number of rotatable bonds is 5. The Labute approximate surface area is 154 Å². The number of ketones is 1. The van der Waals surface area contributed by atoms with E-state index in [1.807, 2.05) is 0 Å². The number of fused-ring (bicyclic) bond motifs is 1. The second-order valence-corrected chi connectivity index (χ2v) is 6.48. The van der Waals surface area contributed by atoms with Gasteiger partial charge in [-0.1, -0.05) is 15.9 Å². The number of carbonyl (C=O) groups excluding carboxylic acids is 3. The third-order valence-corrected chi connectivity index (χ3v) is 4.94. The molecule has 0 aliphatic heterocycles. The lowest BCUT2D eigenvalue weighted by Gasteiger charge is -2.16. The largest absolute Gasteiger partial charge is 0.496 e. The molecule has 1 aliphatic carbocycles. The zero-order valence-electron chi connectivity index (χ0n) is 14.5. The van der Waals surface area contributed by atoms with Gasteiger partial charge in [-0.2, -0.15) is 0 Å². The van der Waals surface area contributed by atoms with E-state index in [-0.39, 0.29) is 26.1 Å². The summed E-state index contributed by atoms with van der Waals surface area (Å²) < 4.78 is 16.2. The number of hydrogen-bond donors (Lipinski definition) is 0. The third-order valence-electron chi connectivity index (χ3n) is 4.20. The van der Waals surface area contributed by atoms with E-state index in [0.29, 0.717) is 5.75 Å². The molecule has 1 aromatic carbocycles. The minimum atomic E-state index is -1.06. The van der Waals surface area contributed by atoms with E-state index in [0.717, 1.165) is 15.6 Å². The molecule has 2 rings (SSSR count). The van der Waals surface area contributed by atoms with Crippen LogP contribution in [0, 0.1) is 11.8 Å². The Bertz CT molecular complexity index is 684. The van der Waals surface area contributed by atoms with Gasteiger partial charge < -0.3 is 14.2 Å². The number of benzene rings is 1. The normalized spacial score (nSPS) is 19.6. The van der Waals surface area contributed by atoms with Crippen LogP contribution in [-0.2, 0) is 36.7 Å². The summed E-state index contributed by atoms with van der Waals surface area (Å²) in [7, 11) is 1.53. The summed E-state index contributed by atoms with van der Waals surface area (Å²) in [5.41, 5.74) is 1.51. The van der Waals surface area contributed by atoms with Crippen molar-refractivity contribution in [2.75, 3.05) is 20.3 Å². The van der Waals surface area contributed by atoms with E-state index < -0.39 is 29.6 Å². The third kappa shape index (κ3) is 4.03. The monoisotopic (exact) mass is 412 g/mol. The highest BCUT2D eigenvalue weighted by molar-refractivity contribution is 9.10. The van der Waals surface area contributed by atoms with Crippen LogP contribution in [0.25, 0.3) is 0 Å². The van der Waals surface area contributed by atoms with E-state index >= 15 is 0 Å². The summed E-state index contributed by atoms with van der Waals surface area (Å²) in [6.45, 7) is 3.68. The number of halogens is 1. The molecule has 25 heavy (non-hydrogen) atoms. The van der Waals surface area contributed by atoms with Crippen molar-refractivity contribution in [3.8, 4) is 5.75 Å². The molecule has 1 aliphatic rings. The molecular formula is C18H21BrO6. The highest BCUT2D eigenvalue weighted by Gasteiger charge is 2.42. The lowest BCUT2D eigenvalue weighted by atomic mass is 9.90. The van der Waals surface area contributed by atoms with Crippen LogP contribution in [0.2, 0.25) is 0 Å². The molecule has 0 fully saturated rings. The van der Waals surface area contributed by atoms with Gasteiger partial charge in [-0.3, -0.25) is 14.4 Å². The van der Waals surface area contributed by atoms with Crippen molar-refractivity contribution < 1.29 is 28.6 Å². The molecule has 2 atom stereocenters. The van der Waals surface area contributed by atoms with Gasteiger partial charge in [-0.15, -0.1) is 0 Å². The average Bonchev–Trinajstić information content (AvgIpc) is 2.74. The maximum Gasteiger partial charge on any atom is 0.316 e. The molecule has 0 saturated carbocycles. The summed E-state index contributed by atoms with van der Waals surface area (Å²) in [5.74, 6) is -3.24. The zero-order valence-corrected chi connectivity index (χ0v) is 16.1. The highest BCUT2D eigenvalue weighted by atomic mass is 79.9. The van der Waals surface area contributed by atoms with Crippen molar-refractivity contribution in [2.24, 2.45) is 11.8 Å². The van der Waals surface area contributed by atoms with E-state index in [4.69, 9.17) is 14.2 Å². The summed E-state index contributed by atoms with van der Waals surface area (Å²) in [6, 6.07) is 3.56. The first-order valence-corrected chi connectivity index (χ1v) is 8.95. The van der Waals surface area contributed by atoms with Gasteiger partial charge in [-0.25, -0.2) is 0 Å². The Morgan fingerprint density at radius 2 is 1.56 bits per heavy atom. The quantitative estimate of drug-likeness (QED) is 0.419. The fraction of sp³-hybridized carbons (Fsp3) is 0.500. The summed E-state index contributed by atoms with van der Waals surface area (Å²) >= 11 is 3.47. The van der Waals surface area contributed by atoms with Crippen LogP contribution in [0.5, 0.6) is 5.75 Å². The second-order valence-electron chi connectivity index (χ2n) is 5.63. The molecule has 136 valence electrons. The molecule has 0 bridgehead atoms. The summed E-state index contributed by atoms with van der Waals surface area (Å²) in [5, 5.41) is 0. The summed E-state index contributed by atoms with van der Waals surface area (Å²) in [6.07, 6.45) is 0.284. The number of ether oxygens (including phenoxy) is 3. The van der Waals surface area contributed by atoms with Crippen molar-refractivity contribution in [1.29, 1.82) is 0 Å². The molecule has 0 radical (unpaired) electrons. The van der Waals surface area contributed by atoms with E-state index in [9.17, 15) is 14.4 Å². The van der Waals surface area contributed by atoms with Crippen molar-refractivity contribution in [2.45, 2.75) is 26.7 Å². The van der Waals surface area contributed by atoms with Gasteiger partial charge in [0.15, 0.2) is 5.78 Å². The molecule has 0 saturated heterocycles. The molecule has 1 aromatic rings. The Balaban J connectivity index is 2.55. The van der Waals surface area contributed by atoms with E-state index in [1.165, 1.54) is 7.11 Å². The molecule has 7 heteroatoms. The van der Waals surface area contributed by atoms with Gasteiger partial charge >= 0.3 is 11.9 Å². The Morgan fingerprint density at radius 3 is 2.04 bits per heavy atom. The first-order chi connectivity index (χ1) is 11.9. The van der Waals surface area contributed by atoms with Crippen LogP contribution in [-0.4, -0.2) is 38.0 Å². The van der Waals surface area contributed by atoms with E-state index in [2.05, 4.69) is 15.9 Å². The van der Waals surface area contributed by atoms with Crippen LogP contribution in [0.15, 0.2) is 16.6 Å². The highest BCUT2D eigenvalue weighted by Crippen LogP contribution is 2.37. The van der Waals surface area contributed by atoms with Crippen molar-refractivity contribution in [3.05, 3.63) is 27.7 Å². The minimum Gasteiger partial charge on any atom is -0.496 e. The van der Waals surface area contributed by atoms with Gasteiger partial charge in [0.05, 0.1) is 20.3 Å². The smallest absolute Gasteiger partial charge is 0.316 e. The lowest BCUT2D eigenvalue weighted by Crippen LogP contribution is -2.36. The Kier molecular flexibility index (Phi) is 6.58. The van der Waals surface area contributed by atoms with Crippen molar-refractivity contribution >= 4 is 33.7 Å². The fourth-order valence-corrected chi connectivity index (χ4v) is 3.55. The van der Waals surface area contributed by atoms with Crippen molar-refractivity contribution in [3.63, 3.8) is 0 Å². The predicted octanol–water partition coefficient (Wildman–Crippen LogP) is 2.48. The number of methoxy groups -OCH3 is 1. The fourth-order valence-electron chi connectivity index (χ4n) is 3.02. The van der Waals surface area contributed by atoms with Gasteiger partial charge in [0.2, 0.25) is 0 Å². The van der Waals surface area contributed by atoms with Gasteiger partial charge in [0.25, 0.3) is 0 Å². The number of esters is 2. The topological polar surface area (TPSA) is 78.9 Å². The Hall–Kier alpha value is -1.89. The maximum atomic E-state index is 12.9. The van der Waals surface area contributed by atoms with Gasteiger partial charge in [0.1, 0.15) is 17.6 Å². The number of hydrogen-bond acceptors (Lipinski definition) is 6. The molecule has 0 aromatic heterocycles. The van der Waals surface area contributed by atoms with Crippen LogP contribution in [0.4, 0.5) is 0 Å². The molecule has 0 spiro atoms. The van der Waals surface area contributed by atoms with E-state index in [1.54, 1.807) is 26.0 Å². The molecular weight excluding hydrogens is 392 g/mol. The molecule has 0 heterocycles. The molecule has 6 nitrogen and oxygen atoms in total. The van der Waals surface area contributed by atoms with Crippen LogP contribution in [0.1, 0.15) is 25.0 Å².